The third-order valence-corrected chi connectivity index (χ3v) is 5.03. The van der Waals surface area contributed by atoms with Gasteiger partial charge in [0.05, 0.1) is 18.3 Å². The van der Waals surface area contributed by atoms with Crippen molar-refractivity contribution in [2.75, 3.05) is 31.5 Å². The third-order valence-electron chi connectivity index (χ3n) is 5.03. The highest BCUT2D eigenvalue weighted by atomic mass is 19.1. The molecule has 138 valence electrons. The van der Waals surface area contributed by atoms with Gasteiger partial charge in [0.25, 0.3) is 0 Å². The summed E-state index contributed by atoms with van der Waals surface area (Å²) in [5, 5.41) is 14.9. The molecule has 1 fully saturated rings. The van der Waals surface area contributed by atoms with E-state index in [0.29, 0.717) is 0 Å². The largest absolute Gasteiger partial charge is 0.322 e. The van der Waals surface area contributed by atoms with Gasteiger partial charge in [-0.1, -0.05) is 12.1 Å². The Bertz CT molecular complexity index is 786. The molecule has 0 bridgehead atoms. The van der Waals surface area contributed by atoms with Gasteiger partial charge in [-0.2, -0.15) is 0 Å². The number of carbonyl (C=O) groups is 1. The number of anilines is 1. The summed E-state index contributed by atoms with van der Waals surface area (Å²) >= 11 is 0. The van der Waals surface area contributed by atoms with Crippen molar-refractivity contribution in [2.45, 2.75) is 31.8 Å². The maximum atomic E-state index is 13.7. The van der Waals surface area contributed by atoms with Crippen molar-refractivity contribution in [3.05, 3.63) is 41.7 Å². The number of amides is 1. The molecular formula is C18H23FN6O. The fraction of sp³-hybridized carbons (Fsp3) is 0.500. The van der Waals surface area contributed by atoms with E-state index in [1.54, 1.807) is 18.2 Å². The molecule has 1 saturated heterocycles. The molecule has 7 nitrogen and oxygen atoms in total. The van der Waals surface area contributed by atoms with Crippen molar-refractivity contribution < 1.29 is 9.18 Å². The van der Waals surface area contributed by atoms with Crippen molar-refractivity contribution in [1.82, 2.24) is 25.0 Å². The normalized spacial score (nSPS) is 20.6. The number of hydrogen-bond acceptors (Lipinski definition) is 5. The monoisotopic (exact) mass is 358 g/mol. The van der Waals surface area contributed by atoms with E-state index >= 15 is 0 Å². The maximum absolute atomic E-state index is 13.7. The Morgan fingerprint density at radius 3 is 2.96 bits per heavy atom. The summed E-state index contributed by atoms with van der Waals surface area (Å²) in [6.45, 7) is 3.51. The number of nitrogens with one attached hydrogen (secondary N) is 2. The molecule has 8 heteroatoms. The number of carbonyl (C=O) groups excluding carboxylic acids is 1. The van der Waals surface area contributed by atoms with Crippen LogP contribution in [0.4, 0.5) is 10.1 Å². The lowest BCUT2D eigenvalue weighted by Crippen LogP contribution is -2.35. The number of benzene rings is 1. The summed E-state index contributed by atoms with van der Waals surface area (Å²) < 4.78 is 15.9. The van der Waals surface area contributed by atoms with Gasteiger partial charge in [0.1, 0.15) is 17.5 Å². The molecule has 2 N–H and O–H groups in total. The SMILES string of the molecule is O=C(CN1CCc2nnc(C3CCCN3)n2CC1)Nc1ccccc1F. The Balaban J connectivity index is 1.37. The highest BCUT2D eigenvalue weighted by molar-refractivity contribution is 5.92. The third kappa shape index (κ3) is 3.61. The smallest absolute Gasteiger partial charge is 0.238 e. The minimum atomic E-state index is -0.420. The number of nitrogens with zero attached hydrogens (tertiary/aromatic N) is 4. The summed E-state index contributed by atoms with van der Waals surface area (Å²) in [6.07, 6.45) is 3.01. The number of halogens is 1. The van der Waals surface area contributed by atoms with Crippen LogP contribution >= 0.6 is 0 Å². The lowest BCUT2D eigenvalue weighted by molar-refractivity contribution is -0.117. The molecule has 1 aromatic heterocycles. The molecule has 0 spiro atoms. The van der Waals surface area contributed by atoms with Crippen LogP contribution in [0.1, 0.15) is 30.5 Å². The molecule has 4 rings (SSSR count). The molecule has 1 unspecified atom stereocenters. The van der Waals surface area contributed by atoms with Crippen molar-refractivity contribution in [3.8, 4) is 0 Å². The molecule has 2 aliphatic heterocycles. The first-order valence-corrected chi connectivity index (χ1v) is 9.13. The first-order chi connectivity index (χ1) is 12.7. The second-order valence-corrected chi connectivity index (χ2v) is 6.83. The van der Waals surface area contributed by atoms with Gasteiger partial charge in [-0.25, -0.2) is 4.39 Å². The minimum absolute atomic E-state index is 0.203. The molecule has 0 saturated carbocycles. The predicted octanol–water partition coefficient (Wildman–Crippen LogP) is 1.34. The van der Waals surface area contributed by atoms with Crippen LogP contribution in [0.2, 0.25) is 0 Å². The van der Waals surface area contributed by atoms with Gasteiger partial charge < -0.3 is 15.2 Å². The molecule has 1 aromatic carbocycles. The zero-order chi connectivity index (χ0) is 17.9. The van der Waals surface area contributed by atoms with Gasteiger partial charge in [-0.3, -0.25) is 9.69 Å². The molecule has 26 heavy (non-hydrogen) atoms. The fourth-order valence-electron chi connectivity index (χ4n) is 3.67. The lowest BCUT2D eigenvalue weighted by atomic mass is 10.2. The summed E-state index contributed by atoms with van der Waals surface area (Å²) in [4.78, 5) is 14.3. The summed E-state index contributed by atoms with van der Waals surface area (Å²) in [6, 6.07) is 6.50. The topological polar surface area (TPSA) is 75.1 Å². The molecule has 3 heterocycles. The van der Waals surface area contributed by atoms with E-state index in [-0.39, 0.29) is 24.2 Å². The second kappa shape index (κ2) is 7.51. The first kappa shape index (κ1) is 17.1. The zero-order valence-electron chi connectivity index (χ0n) is 14.6. The number of para-hydroxylation sites is 1. The number of hydrogen-bond donors (Lipinski definition) is 2. The number of fused-ring (bicyclic) bond motifs is 1. The van der Waals surface area contributed by atoms with Crippen LogP contribution in [0.3, 0.4) is 0 Å². The van der Waals surface area contributed by atoms with E-state index in [0.717, 1.165) is 57.1 Å². The second-order valence-electron chi connectivity index (χ2n) is 6.83. The van der Waals surface area contributed by atoms with Crippen molar-refractivity contribution in [3.63, 3.8) is 0 Å². The molecule has 1 amide bonds. The average Bonchev–Trinajstić information content (AvgIpc) is 3.25. The van der Waals surface area contributed by atoms with Gasteiger partial charge in [0.15, 0.2) is 0 Å². The van der Waals surface area contributed by atoms with Crippen molar-refractivity contribution in [1.29, 1.82) is 0 Å². The van der Waals surface area contributed by atoms with E-state index in [2.05, 4.69) is 30.3 Å². The molecule has 0 aliphatic carbocycles. The summed E-state index contributed by atoms with van der Waals surface area (Å²) in [5.74, 6) is 1.36. The Morgan fingerprint density at radius 1 is 1.27 bits per heavy atom. The van der Waals surface area contributed by atoms with Crippen molar-refractivity contribution >= 4 is 11.6 Å². The molecule has 0 radical (unpaired) electrons. The minimum Gasteiger partial charge on any atom is -0.322 e. The maximum Gasteiger partial charge on any atom is 0.238 e. The predicted molar refractivity (Wildman–Crippen MR) is 95.2 cm³/mol. The van der Waals surface area contributed by atoms with Crippen LogP contribution in [0.15, 0.2) is 24.3 Å². The van der Waals surface area contributed by atoms with E-state index in [1.165, 1.54) is 6.07 Å². The van der Waals surface area contributed by atoms with Crippen LogP contribution in [0.25, 0.3) is 0 Å². The highest BCUT2D eigenvalue weighted by Crippen LogP contribution is 2.23. The molecular weight excluding hydrogens is 335 g/mol. The Morgan fingerprint density at radius 2 is 2.15 bits per heavy atom. The Labute approximate surface area is 151 Å². The van der Waals surface area contributed by atoms with Gasteiger partial charge in [-0.05, 0) is 31.5 Å². The Kier molecular flexibility index (Phi) is 4.94. The van der Waals surface area contributed by atoms with Crippen LogP contribution in [-0.4, -0.2) is 51.8 Å². The lowest BCUT2D eigenvalue weighted by Gasteiger charge is -2.19. The van der Waals surface area contributed by atoms with E-state index in [1.807, 2.05) is 0 Å². The van der Waals surface area contributed by atoms with E-state index in [9.17, 15) is 9.18 Å². The molecule has 1 atom stereocenters. The van der Waals surface area contributed by atoms with E-state index < -0.39 is 5.82 Å². The molecule has 2 aliphatic rings. The van der Waals surface area contributed by atoms with E-state index in [4.69, 9.17) is 0 Å². The van der Waals surface area contributed by atoms with Gasteiger partial charge in [-0.15, -0.1) is 10.2 Å². The van der Waals surface area contributed by atoms with Gasteiger partial charge >= 0.3 is 0 Å². The molecule has 2 aromatic rings. The standard InChI is InChI=1S/C18H23FN6O/c19-13-4-1-2-5-14(13)21-17(26)12-24-9-7-16-22-23-18(25(16)11-10-24)15-6-3-8-20-15/h1-2,4-5,15,20H,3,6-12H2,(H,21,26). The van der Waals surface area contributed by atoms with Gasteiger partial charge in [0, 0.05) is 26.1 Å². The summed E-state index contributed by atoms with van der Waals surface area (Å²) in [5.41, 5.74) is 0.221. The van der Waals surface area contributed by atoms with Crippen LogP contribution in [0, 0.1) is 5.82 Å². The van der Waals surface area contributed by atoms with Crippen LogP contribution < -0.4 is 10.6 Å². The Hall–Kier alpha value is -2.32. The van der Waals surface area contributed by atoms with Gasteiger partial charge in [0.2, 0.25) is 5.91 Å². The average molecular weight is 358 g/mol. The highest BCUT2D eigenvalue weighted by Gasteiger charge is 2.26. The number of aromatic nitrogens is 3. The quantitative estimate of drug-likeness (QED) is 0.863. The van der Waals surface area contributed by atoms with Crippen LogP contribution in [0.5, 0.6) is 0 Å². The number of rotatable bonds is 4. The first-order valence-electron chi connectivity index (χ1n) is 9.13. The van der Waals surface area contributed by atoms with Crippen LogP contribution in [-0.2, 0) is 17.8 Å². The fourth-order valence-corrected chi connectivity index (χ4v) is 3.67. The zero-order valence-corrected chi connectivity index (χ0v) is 14.6. The summed E-state index contributed by atoms with van der Waals surface area (Å²) in [7, 11) is 0. The van der Waals surface area contributed by atoms with Crippen molar-refractivity contribution in [2.24, 2.45) is 0 Å².